The van der Waals surface area contributed by atoms with Gasteiger partial charge in [-0.15, -0.1) is 0 Å². The van der Waals surface area contributed by atoms with Crippen molar-refractivity contribution >= 4 is 11.8 Å². The summed E-state index contributed by atoms with van der Waals surface area (Å²) in [5, 5.41) is 0. The van der Waals surface area contributed by atoms with Crippen molar-refractivity contribution in [2.24, 2.45) is 0 Å². The van der Waals surface area contributed by atoms with E-state index in [1.165, 1.54) is 0 Å². The van der Waals surface area contributed by atoms with Crippen molar-refractivity contribution in [1.29, 1.82) is 0 Å². The van der Waals surface area contributed by atoms with Gasteiger partial charge in [-0.05, 0) is 35.4 Å². The smallest absolute Gasteiger partial charge is 0.254 e. The summed E-state index contributed by atoms with van der Waals surface area (Å²) in [5.74, 6) is 0.0383. The van der Waals surface area contributed by atoms with Crippen LogP contribution >= 0.6 is 0 Å². The fourth-order valence-corrected chi connectivity index (χ4v) is 3.56. The molecule has 0 aromatic heterocycles. The molecule has 2 fully saturated rings. The molecular weight excluding hydrogens is 356 g/mol. The Morgan fingerprint density at radius 1 is 0.643 bits per heavy atom. The van der Waals surface area contributed by atoms with E-state index in [9.17, 15) is 9.59 Å². The summed E-state index contributed by atoms with van der Waals surface area (Å²) >= 11 is 0. The summed E-state index contributed by atoms with van der Waals surface area (Å²) < 4.78 is 10.7. The number of nitrogens with zero attached hydrogens (tertiary/aromatic N) is 2. The Bertz CT molecular complexity index is 784. The highest BCUT2D eigenvalue weighted by molar-refractivity contribution is 5.97. The van der Waals surface area contributed by atoms with E-state index in [0.29, 0.717) is 63.7 Å². The van der Waals surface area contributed by atoms with Crippen LogP contribution < -0.4 is 0 Å². The molecule has 2 aliphatic rings. The van der Waals surface area contributed by atoms with Gasteiger partial charge in [0.25, 0.3) is 11.8 Å². The van der Waals surface area contributed by atoms with Crippen LogP contribution in [0.4, 0.5) is 0 Å². The van der Waals surface area contributed by atoms with Gasteiger partial charge in [0.2, 0.25) is 0 Å². The zero-order chi connectivity index (χ0) is 19.3. The Morgan fingerprint density at radius 2 is 1.04 bits per heavy atom. The van der Waals surface area contributed by atoms with E-state index in [-0.39, 0.29) is 11.8 Å². The molecule has 6 heteroatoms. The summed E-state index contributed by atoms with van der Waals surface area (Å²) in [7, 11) is 0. The molecule has 0 aliphatic carbocycles. The van der Waals surface area contributed by atoms with Crippen LogP contribution in [0.5, 0.6) is 0 Å². The molecule has 2 amide bonds. The number of benzene rings is 2. The lowest BCUT2D eigenvalue weighted by Crippen LogP contribution is -2.40. The highest BCUT2D eigenvalue weighted by Crippen LogP contribution is 2.23. The number of hydrogen-bond donors (Lipinski definition) is 0. The molecule has 0 atom stereocenters. The molecule has 6 nitrogen and oxygen atoms in total. The van der Waals surface area contributed by atoms with Crippen LogP contribution in [-0.2, 0) is 9.47 Å². The van der Waals surface area contributed by atoms with E-state index < -0.39 is 0 Å². The number of amides is 2. The maximum atomic E-state index is 12.8. The van der Waals surface area contributed by atoms with Crippen LogP contribution in [0.2, 0.25) is 0 Å². The Hall–Kier alpha value is -2.70. The molecular formula is C22H24N2O4. The number of carbonyl (C=O) groups is 2. The molecule has 2 saturated heterocycles. The van der Waals surface area contributed by atoms with Crippen LogP contribution in [0.25, 0.3) is 11.1 Å². The fraction of sp³-hybridized carbons (Fsp3) is 0.364. The monoisotopic (exact) mass is 380 g/mol. The first-order valence-corrected chi connectivity index (χ1v) is 9.67. The van der Waals surface area contributed by atoms with Gasteiger partial charge in [-0.1, -0.05) is 24.3 Å². The molecule has 28 heavy (non-hydrogen) atoms. The third-order valence-electron chi connectivity index (χ3n) is 5.15. The first-order valence-electron chi connectivity index (χ1n) is 9.67. The van der Waals surface area contributed by atoms with Crippen molar-refractivity contribution in [3.63, 3.8) is 0 Å². The Balaban J connectivity index is 1.55. The summed E-state index contributed by atoms with van der Waals surface area (Å²) in [6, 6.07) is 15.2. The van der Waals surface area contributed by atoms with Crippen molar-refractivity contribution in [2.75, 3.05) is 52.6 Å². The molecule has 2 heterocycles. The van der Waals surface area contributed by atoms with Crippen LogP contribution in [-0.4, -0.2) is 74.2 Å². The van der Waals surface area contributed by atoms with E-state index in [2.05, 4.69) is 0 Å². The third-order valence-corrected chi connectivity index (χ3v) is 5.15. The molecule has 2 aromatic carbocycles. The molecule has 0 radical (unpaired) electrons. The van der Waals surface area contributed by atoms with Crippen LogP contribution in [0.1, 0.15) is 20.7 Å². The van der Waals surface area contributed by atoms with Gasteiger partial charge in [0, 0.05) is 37.3 Å². The summed E-state index contributed by atoms with van der Waals surface area (Å²) in [4.78, 5) is 29.2. The van der Waals surface area contributed by atoms with Gasteiger partial charge < -0.3 is 19.3 Å². The number of hydrogen-bond acceptors (Lipinski definition) is 4. The summed E-state index contributed by atoms with van der Waals surface area (Å²) in [5.41, 5.74) is 3.17. The van der Waals surface area contributed by atoms with Gasteiger partial charge in [-0.2, -0.15) is 0 Å². The Morgan fingerprint density at radius 3 is 1.43 bits per heavy atom. The molecule has 2 aromatic rings. The van der Waals surface area contributed by atoms with E-state index in [1.54, 1.807) is 0 Å². The standard InChI is InChI=1S/C22H24N2O4/c25-21(23-7-11-27-12-8-23)19-5-1-3-17(15-19)18-4-2-6-20(16-18)22(26)24-9-13-28-14-10-24/h1-6,15-16H,7-14H2. The number of rotatable bonds is 3. The Kier molecular flexibility index (Phi) is 5.69. The van der Waals surface area contributed by atoms with Gasteiger partial charge >= 0.3 is 0 Å². The first-order chi connectivity index (χ1) is 13.7. The largest absolute Gasteiger partial charge is 0.378 e. The Labute approximate surface area is 164 Å². The van der Waals surface area contributed by atoms with Crippen molar-refractivity contribution in [3.05, 3.63) is 59.7 Å². The van der Waals surface area contributed by atoms with Gasteiger partial charge in [-0.25, -0.2) is 0 Å². The molecule has 146 valence electrons. The summed E-state index contributed by atoms with van der Waals surface area (Å²) in [6.45, 7) is 4.79. The lowest BCUT2D eigenvalue weighted by Gasteiger charge is -2.27. The molecule has 4 rings (SSSR count). The van der Waals surface area contributed by atoms with E-state index in [0.717, 1.165) is 11.1 Å². The number of carbonyl (C=O) groups excluding carboxylic acids is 2. The fourth-order valence-electron chi connectivity index (χ4n) is 3.56. The predicted molar refractivity (Wildman–Crippen MR) is 105 cm³/mol. The maximum Gasteiger partial charge on any atom is 0.254 e. The first kappa shape index (κ1) is 18.7. The average molecular weight is 380 g/mol. The highest BCUT2D eigenvalue weighted by Gasteiger charge is 2.20. The van der Waals surface area contributed by atoms with Crippen molar-refractivity contribution in [2.45, 2.75) is 0 Å². The lowest BCUT2D eigenvalue weighted by atomic mass is 10.00. The molecule has 0 unspecified atom stereocenters. The van der Waals surface area contributed by atoms with Crippen LogP contribution in [0.3, 0.4) is 0 Å². The highest BCUT2D eigenvalue weighted by atomic mass is 16.5. The molecule has 0 bridgehead atoms. The van der Waals surface area contributed by atoms with Crippen LogP contribution in [0, 0.1) is 0 Å². The summed E-state index contributed by atoms with van der Waals surface area (Å²) in [6.07, 6.45) is 0. The second-order valence-electron chi connectivity index (χ2n) is 6.97. The average Bonchev–Trinajstić information content (AvgIpc) is 2.79. The third kappa shape index (κ3) is 4.08. The second-order valence-corrected chi connectivity index (χ2v) is 6.97. The zero-order valence-corrected chi connectivity index (χ0v) is 15.8. The minimum Gasteiger partial charge on any atom is -0.378 e. The lowest BCUT2D eigenvalue weighted by molar-refractivity contribution is 0.0301. The van der Waals surface area contributed by atoms with E-state index in [1.807, 2.05) is 58.3 Å². The number of morpholine rings is 2. The molecule has 0 spiro atoms. The quantitative estimate of drug-likeness (QED) is 0.820. The van der Waals surface area contributed by atoms with E-state index in [4.69, 9.17) is 9.47 Å². The molecule has 0 saturated carbocycles. The predicted octanol–water partition coefficient (Wildman–Crippen LogP) is 2.30. The van der Waals surface area contributed by atoms with Gasteiger partial charge in [0.05, 0.1) is 26.4 Å². The van der Waals surface area contributed by atoms with E-state index >= 15 is 0 Å². The molecule has 2 aliphatic heterocycles. The van der Waals surface area contributed by atoms with Crippen LogP contribution in [0.15, 0.2) is 48.5 Å². The van der Waals surface area contributed by atoms with Gasteiger partial charge in [0.15, 0.2) is 0 Å². The second kappa shape index (κ2) is 8.54. The number of ether oxygens (including phenoxy) is 2. The van der Waals surface area contributed by atoms with Gasteiger partial charge in [-0.3, -0.25) is 9.59 Å². The minimum atomic E-state index is 0.0192. The van der Waals surface area contributed by atoms with Gasteiger partial charge in [0.1, 0.15) is 0 Å². The molecule has 0 N–H and O–H groups in total. The topological polar surface area (TPSA) is 59.1 Å². The normalized spacial score (nSPS) is 17.4. The minimum absolute atomic E-state index is 0.0192. The van der Waals surface area contributed by atoms with Crippen molar-refractivity contribution < 1.29 is 19.1 Å². The SMILES string of the molecule is O=C(c1cccc(-c2cccc(C(=O)N3CCOCC3)c2)c1)N1CCOCC1. The maximum absolute atomic E-state index is 12.8. The van der Waals surface area contributed by atoms with Crippen molar-refractivity contribution in [3.8, 4) is 11.1 Å². The zero-order valence-electron chi connectivity index (χ0n) is 15.8. The van der Waals surface area contributed by atoms with Crippen molar-refractivity contribution in [1.82, 2.24) is 9.80 Å².